The summed E-state index contributed by atoms with van der Waals surface area (Å²) in [6, 6.07) is 20.1. The van der Waals surface area contributed by atoms with Gasteiger partial charge in [-0.15, -0.1) is 0 Å². The average Bonchev–Trinajstić information content (AvgIpc) is 3.13. The molecule has 160 valence electrons. The smallest absolute Gasteiger partial charge is 0.363 e. The molecule has 0 unspecified atom stereocenters. The molecule has 0 spiro atoms. The highest BCUT2D eigenvalue weighted by Crippen LogP contribution is 2.36. The van der Waals surface area contributed by atoms with Crippen LogP contribution in [0.3, 0.4) is 0 Å². The Bertz CT molecular complexity index is 1240. The van der Waals surface area contributed by atoms with Gasteiger partial charge in [0.25, 0.3) is 0 Å². The molecule has 1 heterocycles. The van der Waals surface area contributed by atoms with E-state index in [0.29, 0.717) is 25.8 Å². The molecule has 7 heteroatoms. The molecule has 32 heavy (non-hydrogen) atoms. The topological polar surface area (TPSA) is 65.0 Å². The number of ether oxygens (including phenoxy) is 2. The van der Waals surface area contributed by atoms with Crippen LogP contribution in [0, 0.1) is 6.92 Å². The van der Waals surface area contributed by atoms with Gasteiger partial charge < -0.3 is 9.47 Å². The summed E-state index contributed by atoms with van der Waals surface area (Å²) in [4.78, 5) is 29.0. The summed E-state index contributed by atoms with van der Waals surface area (Å²) >= 11 is 6.96. The van der Waals surface area contributed by atoms with Gasteiger partial charge in [-0.2, -0.15) is 0 Å². The fourth-order valence-corrected chi connectivity index (χ4v) is 4.59. The number of rotatable bonds is 6. The molecular formula is C25H17Br2NO4. The van der Waals surface area contributed by atoms with Crippen LogP contribution in [0.2, 0.25) is 0 Å². The number of ketones is 1. The maximum Gasteiger partial charge on any atom is 0.363 e. The van der Waals surface area contributed by atoms with Gasteiger partial charge in [0.2, 0.25) is 5.90 Å². The molecule has 0 aromatic heterocycles. The van der Waals surface area contributed by atoms with Gasteiger partial charge in [0.05, 0.1) is 8.95 Å². The zero-order valence-corrected chi connectivity index (χ0v) is 20.1. The molecule has 0 N–H and O–H groups in total. The summed E-state index contributed by atoms with van der Waals surface area (Å²) in [7, 11) is 0. The fraction of sp³-hybridized carbons (Fsp3) is 0.0800. The molecule has 0 radical (unpaired) electrons. The number of carbonyl (C=O) groups excluding carboxylic acids is 2. The van der Waals surface area contributed by atoms with Crippen molar-refractivity contribution in [1.82, 2.24) is 0 Å². The van der Waals surface area contributed by atoms with Crippen LogP contribution >= 0.6 is 31.9 Å². The molecular weight excluding hydrogens is 538 g/mol. The van der Waals surface area contributed by atoms with E-state index >= 15 is 0 Å². The third-order valence-corrected chi connectivity index (χ3v) is 5.94. The molecule has 0 aliphatic carbocycles. The molecule has 0 bridgehead atoms. The number of hydrogen-bond donors (Lipinski definition) is 0. The molecule has 3 aromatic rings. The monoisotopic (exact) mass is 553 g/mol. The number of Topliss-reactive ketones (excluding diaryl/α,β-unsaturated/α-hetero) is 1. The summed E-state index contributed by atoms with van der Waals surface area (Å²) in [5.74, 6) is 0.151. The normalized spacial score (nSPS) is 14.3. The molecule has 0 atom stereocenters. The van der Waals surface area contributed by atoms with E-state index < -0.39 is 5.97 Å². The zero-order valence-electron chi connectivity index (χ0n) is 17.0. The van der Waals surface area contributed by atoms with E-state index in [0.717, 1.165) is 11.1 Å². The summed E-state index contributed by atoms with van der Waals surface area (Å²) in [5, 5.41) is 0. The number of hydrogen-bond acceptors (Lipinski definition) is 5. The SMILES string of the molecule is Cc1ccccc1C1=N/C(=C\c2cc(Br)c(OCC(=O)c3ccccc3)c(Br)c2)C(=O)O1. The van der Waals surface area contributed by atoms with Crippen molar-refractivity contribution in [2.75, 3.05) is 6.61 Å². The highest BCUT2D eigenvalue weighted by molar-refractivity contribution is 9.11. The second-order valence-corrected chi connectivity index (χ2v) is 8.75. The van der Waals surface area contributed by atoms with Crippen LogP contribution < -0.4 is 4.74 Å². The Labute approximate surface area is 202 Å². The summed E-state index contributed by atoms with van der Waals surface area (Å²) in [5.41, 5.74) is 3.25. The molecule has 0 amide bonds. The van der Waals surface area contributed by atoms with Crippen molar-refractivity contribution in [2.24, 2.45) is 4.99 Å². The second-order valence-electron chi connectivity index (χ2n) is 7.04. The van der Waals surface area contributed by atoms with Gasteiger partial charge in [-0.3, -0.25) is 4.79 Å². The zero-order chi connectivity index (χ0) is 22.7. The fourth-order valence-electron chi connectivity index (χ4n) is 3.14. The summed E-state index contributed by atoms with van der Waals surface area (Å²) < 4.78 is 12.4. The van der Waals surface area contributed by atoms with Gasteiger partial charge in [0, 0.05) is 11.1 Å². The van der Waals surface area contributed by atoms with Crippen LogP contribution in [-0.2, 0) is 9.53 Å². The highest BCUT2D eigenvalue weighted by atomic mass is 79.9. The average molecular weight is 555 g/mol. The highest BCUT2D eigenvalue weighted by Gasteiger charge is 2.25. The lowest BCUT2D eigenvalue weighted by atomic mass is 10.1. The van der Waals surface area contributed by atoms with Crippen molar-refractivity contribution in [1.29, 1.82) is 0 Å². The lowest BCUT2D eigenvalue weighted by Crippen LogP contribution is -2.12. The lowest BCUT2D eigenvalue weighted by molar-refractivity contribution is -0.129. The first-order valence-corrected chi connectivity index (χ1v) is 11.3. The Morgan fingerprint density at radius 1 is 1.03 bits per heavy atom. The quantitative estimate of drug-likeness (QED) is 0.209. The first kappa shape index (κ1) is 22.2. The number of nitrogens with zero attached hydrogens (tertiary/aromatic N) is 1. The number of carbonyl (C=O) groups is 2. The van der Waals surface area contributed by atoms with Gasteiger partial charge in [-0.05, 0) is 74.2 Å². The Hall–Kier alpha value is -3.03. The molecule has 4 rings (SSSR count). The Morgan fingerprint density at radius 3 is 2.38 bits per heavy atom. The molecule has 3 aromatic carbocycles. The van der Waals surface area contributed by atoms with E-state index in [-0.39, 0.29) is 24.0 Å². The number of aryl methyl sites for hydroxylation is 1. The molecule has 1 aliphatic rings. The van der Waals surface area contributed by atoms with Crippen molar-refractivity contribution in [2.45, 2.75) is 6.92 Å². The number of halogens is 2. The molecule has 0 saturated heterocycles. The van der Waals surface area contributed by atoms with Gasteiger partial charge in [0.1, 0.15) is 5.75 Å². The van der Waals surface area contributed by atoms with Crippen LogP contribution in [0.15, 0.2) is 86.4 Å². The van der Waals surface area contributed by atoms with E-state index in [9.17, 15) is 9.59 Å². The predicted octanol–water partition coefficient (Wildman–Crippen LogP) is 6.13. The Kier molecular flexibility index (Phi) is 6.67. The number of benzene rings is 3. The predicted molar refractivity (Wildman–Crippen MR) is 130 cm³/mol. The minimum atomic E-state index is -0.510. The first-order chi connectivity index (χ1) is 15.4. The lowest BCUT2D eigenvalue weighted by Gasteiger charge is -2.11. The van der Waals surface area contributed by atoms with E-state index in [1.54, 1.807) is 30.3 Å². The van der Waals surface area contributed by atoms with E-state index in [1.807, 2.05) is 49.4 Å². The number of cyclic esters (lactones) is 1. The Balaban J connectivity index is 1.54. The molecule has 1 aliphatic heterocycles. The summed E-state index contributed by atoms with van der Waals surface area (Å²) in [6.45, 7) is 1.83. The first-order valence-electron chi connectivity index (χ1n) is 9.71. The van der Waals surface area contributed by atoms with E-state index in [2.05, 4.69) is 36.9 Å². The largest absolute Gasteiger partial charge is 0.483 e. The third-order valence-electron chi connectivity index (χ3n) is 4.76. The van der Waals surface area contributed by atoms with Crippen molar-refractivity contribution in [3.05, 3.63) is 104 Å². The van der Waals surface area contributed by atoms with Crippen molar-refractivity contribution < 1.29 is 19.1 Å². The summed E-state index contributed by atoms with van der Waals surface area (Å²) in [6.07, 6.45) is 1.64. The maximum absolute atomic E-state index is 12.3. The molecule has 0 fully saturated rings. The molecule has 0 saturated carbocycles. The maximum atomic E-state index is 12.3. The van der Waals surface area contributed by atoms with Gasteiger partial charge in [0.15, 0.2) is 18.1 Å². The number of esters is 1. The van der Waals surface area contributed by atoms with Gasteiger partial charge >= 0.3 is 5.97 Å². The third kappa shape index (κ3) is 4.89. The van der Waals surface area contributed by atoms with Gasteiger partial charge in [-0.1, -0.05) is 48.5 Å². The van der Waals surface area contributed by atoms with E-state index in [1.165, 1.54) is 0 Å². The van der Waals surface area contributed by atoms with Crippen LogP contribution in [0.4, 0.5) is 0 Å². The van der Waals surface area contributed by atoms with Crippen LogP contribution in [0.25, 0.3) is 6.08 Å². The van der Waals surface area contributed by atoms with E-state index in [4.69, 9.17) is 9.47 Å². The number of aliphatic imine (C=N–C) groups is 1. The standard InChI is InChI=1S/C25H17Br2NO4/c1-15-7-5-6-10-18(15)24-28-21(25(30)32-24)13-16-11-19(26)23(20(27)12-16)31-14-22(29)17-8-3-2-4-9-17/h2-13H,14H2,1H3/b21-13-. The van der Waals surface area contributed by atoms with Crippen LogP contribution in [-0.4, -0.2) is 24.3 Å². The van der Waals surface area contributed by atoms with Gasteiger partial charge in [-0.25, -0.2) is 9.79 Å². The van der Waals surface area contributed by atoms with Crippen LogP contribution in [0.1, 0.15) is 27.0 Å². The minimum Gasteiger partial charge on any atom is -0.483 e. The van der Waals surface area contributed by atoms with Crippen molar-refractivity contribution in [3.8, 4) is 5.75 Å². The minimum absolute atomic E-state index is 0.0992. The molecule has 5 nitrogen and oxygen atoms in total. The Morgan fingerprint density at radius 2 is 1.69 bits per heavy atom. The second kappa shape index (κ2) is 9.63. The van der Waals surface area contributed by atoms with Crippen LogP contribution in [0.5, 0.6) is 5.75 Å². The van der Waals surface area contributed by atoms with Crippen molar-refractivity contribution in [3.63, 3.8) is 0 Å². The van der Waals surface area contributed by atoms with Crippen molar-refractivity contribution >= 4 is 55.6 Å².